The maximum atomic E-state index is 12.3. The molecule has 0 unspecified atom stereocenters. The number of hydrogen-bond donors (Lipinski definition) is 2. The Balaban J connectivity index is 0.00000364. The zero-order valence-electron chi connectivity index (χ0n) is 16.8. The third kappa shape index (κ3) is 8.37. The molecule has 0 aliphatic carbocycles. The predicted octanol–water partition coefficient (Wildman–Crippen LogP) is 2.57. The number of halogens is 1. The second-order valence-electron chi connectivity index (χ2n) is 7.10. The quantitative estimate of drug-likeness (QED) is 0.592. The molecule has 0 radical (unpaired) electrons. The van der Waals surface area contributed by atoms with Gasteiger partial charge in [-0.1, -0.05) is 13.8 Å². The molecule has 0 spiro atoms. The maximum absolute atomic E-state index is 12.3. The standard InChI is InChI=1S/C20H33N3O3.ClH/c1-16(2)7-14-26-18-6-5-17(15-19(18)25-3)20(24)22-8-4-11-23-12-9-21-10-13-23;/h5-6,15-16,21H,4,7-14H2,1-3H3,(H,22,24);1H. The molecule has 1 fully saturated rings. The van der Waals surface area contributed by atoms with Crippen molar-refractivity contribution < 1.29 is 14.3 Å². The summed E-state index contributed by atoms with van der Waals surface area (Å²) in [7, 11) is 1.60. The number of nitrogens with one attached hydrogen (secondary N) is 2. The van der Waals surface area contributed by atoms with E-state index in [-0.39, 0.29) is 18.3 Å². The van der Waals surface area contributed by atoms with Gasteiger partial charge in [0.2, 0.25) is 0 Å². The summed E-state index contributed by atoms with van der Waals surface area (Å²) in [5.74, 6) is 1.80. The zero-order valence-corrected chi connectivity index (χ0v) is 17.6. The van der Waals surface area contributed by atoms with Crippen molar-refractivity contribution in [3.05, 3.63) is 23.8 Å². The van der Waals surface area contributed by atoms with E-state index in [0.717, 1.165) is 45.6 Å². The van der Waals surface area contributed by atoms with E-state index in [1.807, 2.05) is 6.07 Å². The Kier molecular flexibility index (Phi) is 11.2. The zero-order chi connectivity index (χ0) is 18.8. The van der Waals surface area contributed by atoms with Gasteiger partial charge in [0.1, 0.15) is 0 Å². The number of amides is 1. The van der Waals surface area contributed by atoms with Crippen molar-refractivity contribution >= 4 is 18.3 Å². The summed E-state index contributed by atoms with van der Waals surface area (Å²) in [6.45, 7) is 11.0. The molecule has 1 heterocycles. The first-order chi connectivity index (χ1) is 12.6. The third-order valence-electron chi connectivity index (χ3n) is 4.52. The van der Waals surface area contributed by atoms with E-state index in [2.05, 4.69) is 29.4 Å². The molecule has 154 valence electrons. The van der Waals surface area contributed by atoms with Crippen LogP contribution in [0.3, 0.4) is 0 Å². The van der Waals surface area contributed by atoms with Gasteiger partial charge in [-0.15, -0.1) is 12.4 Å². The van der Waals surface area contributed by atoms with Gasteiger partial charge in [-0.2, -0.15) is 0 Å². The van der Waals surface area contributed by atoms with Gasteiger partial charge >= 0.3 is 0 Å². The summed E-state index contributed by atoms with van der Waals surface area (Å²) in [6.07, 6.45) is 1.94. The highest BCUT2D eigenvalue weighted by Gasteiger charge is 2.12. The highest BCUT2D eigenvalue weighted by Crippen LogP contribution is 2.28. The SMILES string of the molecule is COc1cc(C(=O)NCCCN2CCNCC2)ccc1OCCC(C)C.Cl. The van der Waals surface area contributed by atoms with Gasteiger partial charge in [0.05, 0.1) is 13.7 Å². The summed E-state index contributed by atoms with van der Waals surface area (Å²) < 4.78 is 11.2. The van der Waals surface area contributed by atoms with Gasteiger partial charge < -0.3 is 25.0 Å². The Morgan fingerprint density at radius 2 is 2.00 bits per heavy atom. The summed E-state index contributed by atoms with van der Waals surface area (Å²) in [6, 6.07) is 5.35. The van der Waals surface area contributed by atoms with Crippen LogP contribution in [0.25, 0.3) is 0 Å². The van der Waals surface area contributed by atoms with Crippen LogP contribution < -0.4 is 20.1 Å². The van der Waals surface area contributed by atoms with Crippen LogP contribution >= 0.6 is 12.4 Å². The Morgan fingerprint density at radius 1 is 1.26 bits per heavy atom. The molecule has 0 bridgehead atoms. The molecular formula is C20H34ClN3O3. The van der Waals surface area contributed by atoms with Crippen molar-refractivity contribution in [3.63, 3.8) is 0 Å². The van der Waals surface area contributed by atoms with Crippen molar-refractivity contribution in [2.24, 2.45) is 5.92 Å². The van der Waals surface area contributed by atoms with Crippen molar-refractivity contribution in [2.45, 2.75) is 26.7 Å². The molecule has 0 saturated carbocycles. The molecule has 0 atom stereocenters. The van der Waals surface area contributed by atoms with Crippen molar-refractivity contribution in [2.75, 3.05) is 53.0 Å². The van der Waals surface area contributed by atoms with Crippen LogP contribution in [0, 0.1) is 5.92 Å². The Hall–Kier alpha value is -1.50. The molecule has 2 N–H and O–H groups in total. The van der Waals surface area contributed by atoms with Crippen molar-refractivity contribution in [1.29, 1.82) is 0 Å². The lowest BCUT2D eigenvalue weighted by Gasteiger charge is -2.27. The monoisotopic (exact) mass is 399 g/mol. The first kappa shape index (κ1) is 23.5. The lowest BCUT2D eigenvalue weighted by molar-refractivity contribution is 0.0951. The molecule has 1 amide bonds. The highest BCUT2D eigenvalue weighted by molar-refractivity contribution is 5.94. The highest BCUT2D eigenvalue weighted by atomic mass is 35.5. The van der Waals surface area contributed by atoms with E-state index in [0.29, 0.717) is 36.1 Å². The van der Waals surface area contributed by atoms with Gasteiger partial charge in [0.25, 0.3) is 5.91 Å². The van der Waals surface area contributed by atoms with Crippen molar-refractivity contribution in [1.82, 2.24) is 15.5 Å². The number of benzene rings is 1. The fourth-order valence-corrected chi connectivity index (χ4v) is 2.87. The first-order valence-electron chi connectivity index (χ1n) is 9.62. The van der Waals surface area contributed by atoms with Crippen LogP contribution in [-0.4, -0.2) is 63.8 Å². The van der Waals surface area contributed by atoms with Crippen LogP contribution in [0.1, 0.15) is 37.0 Å². The molecule has 7 heteroatoms. The number of ether oxygens (including phenoxy) is 2. The minimum Gasteiger partial charge on any atom is -0.493 e. The average Bonchev–Trinajstić information content (AvgIpc) is 2.65. The van der Waals surface area contributed by atoms with E-state index in [9.17, 15) is 4.79 Å². The molecule has 27 heavy (non-hydrogen) atoms. The van der Waals surface area contributed by atoms with Gasteiger partial charge in [0, 0.05) is 38.3 Å². The second kappa shape index (κ2) is 12.8. The first-order valence-corrected chi connectivity index (χ1v) is 9.62. The Labute approximate surface area is 169 Å². The normalized spacial score (nSPS) is 14.5. The summed E-state index contributed by atoms with van der Waals surface area (Å²) >= 11 is 0. The summed E-state index contributed by atoms with van der Waals surface area (Å²) in [4.78, 5) is 14.8. The molecule has 1 aromatic carbocycles. The Bertz CT molecular complexity index is 563. The van der Waals surface area contributed by atoms with Crippen molar-refractivity contribution in [3.8, 4) is 11.5 Å². The van der Waals surface area contributed by atoms with E-state index in [1.54, 1.807) is 19.2 Å². The molecule has 1 aromatic rings. The largest absolute Gasteiger partial charge is 0.493 e. The number of hydrogen-bond acceptors (Lipinski definition) is 5. The minimum atomic E-state index is -0.0719. The van der Waals surface area contributed by atoms with E-state index >= 15 is 0 Å². The second-order valence-corrected chi connectivity index (χ2v) is 7.10. The summed E-state index contributed by atoms with van der Waals surface area (Å²) in [5, 5.41) is 6.33. The van der Waals surface area contributed by atoms with Crippen LogP contribution in [0.2, 0.25) is 0 Å². The molecule has 1 aliphatic heterocycles. The number of carbonyl (C=O) groups is 1. The van der Waals surface area contributed by atoms with E-state index in [4.69, 9.17) is 9.47 Å². The number of carbonyl (C=O) groups excluding carboxylic acids is 1. The Morgan fingerprint density at radius 3 is 2.67 bits per heavy atom. The van der Waals surface area contributed by atoms with Gasteiger partial charge in [-0.25, -0.2) is 0 Å². The fourth-order valence-electron chi connectivity index (χ4n) is 2.87. The lowest BCUT2D eigenvalue weighted by Crippen LogP contribution is -2.44. The van der Waals surface area contributed by atoms with E-state index in [1.165, 1.54) is 0 Å². The predicted molar refractivity (Wildman–Crippen MR) is 111 cm³/mol. The van der Waals surface area contributed by atoms with Crippen LogP contribution in [-0.2, 0) is 0 Å². The number of nitrogens with zero attached hydrogens (tertiary/aromatic N) is 1. The third-order valence-corrected chi connectivity index (χ3v) is 4.52. The molecule has 0 aromatic heterocycles. The molecular weight excluding hydrogens is 366 g/mol. The number of rotatable bonds is 10. The van der Waals surface area contributed by atoms with Gasteiger partial charge in [0.15, 0.2) is 11.5 Å². The van der Waals surface area contributed by atoms with Crippen LogP contribution in [0.5, 0.6) is 11.5 Å². The van der Waals surface area contributed by atoms with Gasteiger partial charge in [-0.3, -0.25) is 4.79 Å². The molecule has 1 saturated heterocycles. The van der Waals surface area contributed by atoms with Crippen LogP contribution in [0.15, 0.2) is 18.2 Å². The number of methoxy groups -OCH3 is 1. The maximum Gasteiger partial charge on any atom is 0.251 e. The molecule has 6 nitrogen and oxygen atoms in total. The fraction of sp³-hybridized carbons (Fsp3) is 0.650. The van der Waals surface area contributed by atoms with Crippen LogP contribution in [0.4, 0.5) is 0 Å². The summed E-state index contributed by atoms with van der Waals surface area (Å²) in [5.41, 5.74) is 0.597. The number of piperazine rings is 1. The molecule has 2 rings (SSSR count). The smallest absolute Gasteiger partial charge is 0.251 e. The molecule has 1 aliphatic rings. The minimum absolute atomic E-state index is 0. The topological polar surface area (TPSA) is 62.8 Å². The lowest BCUT2D eigenvalue weighted by atomic mass is 10.1. The van der Waals surface area contributed by atoms with Gasteiger partial charge in [-0.05, 0) is 43.5 Å². The average molecular weight is 400 g/mol. The van der Waals surface area contributed by atoms with E-state index < -0.39 is 0 Å².